The first-order valence-corrected chi connectivity index (χ1v) is 8.60. The van der Waals surface area contributed by atoms with Gasteiger partial charge in [-0.3, -0.25) is 9.78 Å². The molecule has 0 radical (unpaired) electrons. The van der Waals surface area contributed by atoms with Crippen LogP contribution in [0.1, 0.15) is 17.5 Å². The van der Waals surface area contributed by atoms with Gasteiger partial charge in [0.15, 0.2) is 0 Å². The maximum Gasteiger partial charge on any atom is 0.416 e. The molecule has 3 aromatic rings. The first-order valence-electron chi connectivity index (χ1n) is 8.60. The topological polar surface area (TPSA) is 51.2 Å². The van der Waals surface area contributed by atoms with Crippen LogP contribution in [0.15, 0.2) is 60.9 Å². The molecule has 7 heteroatoms. The van der Waals surface area contributed by atoms with Crippen LogP contribution in [0.3, 0.4) is 0 Å². The van der Waals surface area contributed by atoms with Gasteiger partial charge < -0.3 is 10.1 Å². The largest absolute Gasteiger partial charge is 0.493 e. The fourth-order valence-corrected chi connectivity index (χ4v) is 3.20. The van der Waals surface area contributed by atoms with Crippen molar-refractivity contribution < 1.29 is 22.7 Å². The zero-order valence-corrected chi connectivity index (χ0v) is 14.6. The van der Waals surface area contributed by atoms with E-state index in [0.717, 1.165) is 22.9 Å². The third kappa shape index (κ3) is 3.55. The van der Waals surface area contributed by atoms with Gasteiger partial charge in [0.2, 0.25) is 5.91 Å². The second-order valence-electron chi connectivity index (χ2n) is 6.37. The van der Waals surface area contributed by atoms with Crippen LogP contribution in [0.4, 0.5) is 18.9 Å². The van der Waals surface area contributed by atoms with Gasteiger partial charge in [-0.05, 0) is 29.8 Å². The van der Waals surface area contributed by atoms with Gasteiger partial charge in [-0.25, -0.2) is 0 Å². The van der Waals surface area contributed by atoms with Gasteiger partial charge in [0.1, 0.15) is 5.75 Å². The predicted molar refractivity (Wildman–Crippen MR) is 99.9 cm³/mol. The number of hydrogen-bond donors (Lipinski definition) is 1. The second kappa shape index (κ2) is 6.99. The number of nitrogens with one attached hydrogen (secondary N) is 1. The zero-order valence-electron chi connectivity index (χ0n) is 14.6. The summed E-state index contributed by atoms with van der Waals surface area (Å²) in [5.41, 5.74) is 0.994. The Kier molecular flexibility index (Phi) is 4.50. The smallest absolute Gasteiger partial charge is 0.416 e. The Bertz CT molecular complexity index is 1090. The lowest BCUT2D eigenvalue weighted by atomic mass is 9.97. The van der Waals surface area contributed by atoms with Gasteiger partial charge >= 0.3 is 6.18 Å². The third-order valence-electron chi connectivity index (χ3n) is 4.53. The number of anilines is 1. The van der Waals surface area contributed by atoms with Crippen molar-refractivity contribution in [3.63, 3.8) is 0 Å². The van der Waals surface area contributed by atoms with Gasteiger partial charge in [0, 0.05) is 46.9 Å². The molecule has 1 aliphatic rings. The maximum absolute atomic E-state index is 12.9. The molecule has 4 nitrogen and oxygen atoms in total. The molecule has 0 aliphatic carbocycles. The fourth-order valence-electron chi connectivity index (χ4n) is 3.20. The SMILES string of the molecule is O=C(C=C1CCOc2cc(C(F)(F)F)ccc21)Nc1cccc2cnccc12. The lowest BCUT2D eigenvalue weighted by Gasteiger charge is -2.21. The van der Waals surface area contributed by atoms with E-state index in [1.165, 1.54) is 12.1 Å². The average molecular weight is 384 g/mol. The first-order chi connectivity index (χ1) is 13.4. The molecule has 2 aromatic carbocycles. The highest BCUT2D eigenvalue weighted by Crippen LogP contribution is 2.38. The summed E-state index contributed by atoms with van der Waals surface area (Å²) in [7, 11) is 0. The molecule has 1 aliphatic heterocycles. The lowest BCUT2D eigenvalue weighted by Crippen LogP contribution is -2.14. The minimum atomic E-state index is -4.44. The Labute approximate surface area is 158 Å². The molecule has 1 aromatic heterocycles. The Morgan fingerprint density at radius 1 is 1.18 bits per heavy atom. The van der Waals surface area contributed by atoms with Crippen LogP contribution < -0.4 is 10.1 Å². The number of nitrogens with zero attached hydrogens (tertiary/aromatic N) is 1. The Morgan fingerprint density at radius 2 is 2.04 bits per heavy atom. The summed E-state index contributed by atoms with van der Waals surface area (Å²) in [6.45, 7) is 0.216. The van der Waals surface area contributed by atoms with Crippen LogP contribution in [0, 0.1) is 0 Å². The van der Waals surface area contributed by atoms with E-state index in [1.807, 2.05) is 12.1 Å². The normalized spacial score (nSPS) is 15.2. The molecule has 0 atom stereocenters. The zero-order chi connectivity index (χ0) is 19.7. The molecule has 0 spiro atoms. The van der Waals surface area contributed by atoms with Gasteiger partial charge in [0.25, 0.3) is 0 Å². The van der Waals surface area contributed by atoms with Crippen LogP contribution in [0.2, 0.25) is 0 Å². The molecule has 1 amide bonds. The number of carbonyl (C=O) groups excluding carboxylic acids is 1. The van der Waals surface area contributed by atoms with Crippen molar-refractivity contribution in [2.24, 2.45) is 0 Å². The van der Waals surface area contributed by atoms with Gasteiger partial charge in [-0.1, -0.05) is 18.2 Å². The van der Waals surface area contributed by atoms with E-state index in [-0.39, 0.29) is 18.3 Å². The lowest BCUT2D eigenvalue weighted by molar-refractivity contribution is -0.137. The minimum Gasteiger partial charge on any atom is -0.493 e. The Hall–Kier alpha value is -3.35. The van der Waals surface area contributed by atoms with E-state index in [2.05, 4.69) is 10.3 Å². The van der Waals surface area contributed by atoms with E-state index in [9.17, 15) is 18.0 Å². The highest BCUT2D eigenvalue weighted by Gasteiger charge is 2.32. The fraction of sp³-hybridized carbons (Fsp3) is 0.143. The Morgan fingerprint density at radius 3 is 2.86 bits per heavy atom. The number of ether oxygens (including phenoxy) is 1. The van der Waals surface area contributed by atoms with Crippen LogP contribution >= 0.6 is 0 Å². The van der Waals surface area contributed by atoms with Crippen LogP contribution in [-0.2, 0) is 11.0 Å². The average Bonchev–Trinajstić information content (AvgIpc) is 2.67. The molecule has 28 heavy (non-hydrogen) atoms. The Balaban J connectivity index is 1.62. The van der Waals surface area contributed by atoms with Crippen molar-refractivity contribution in [2.75, 3.05) is 11.9 Å². The van der Waals surface area contributed by atoms with Crippen molar-refractivity contribution in [2.45, 2.75) is 12.6 Å². The van der Waals surface area contributed by atoms with Gasteiger partial charge in [-0.2, -0.15) is 13.2 Å². The van der Waals surface area contributed by atoms with E-state index >= 15 is 0 Å². The van der Waals surface area contributed by atoms with E-state index in [0.29, 0.717) is 23.2 Å². The predicted octanol–water partition coefficient (Wildman–Crippen LogP) is 5.06. The van der Waals surface area contributed by atoms with Crippen LogP contribution in [0.25, 0.3) is 16.3 Å². The van der Waals surface area contributed by atoms with Crippen molar-refractivity contribution in [1.29, 1.82) is 0 Å². The molecule has 0 bridgehead atoms. The highest BCUT2D eigenvalue weighted by atomic mass is 19.4. The van der Waals surface area contributed by atoms with E-state index < -0.39 is 11.7 Å². The molecule has 1 N–H and O–H groups in total. The maximum atomic E-state index is 12.9. The third-order valence-corrected chi connectivity index (χ3v) is 4.53. The van der Waals surface area contributed by atoms with Crippen molar-refractivity contribution >= 4 is 27.9 Å². The number of alkyl halides is 3. The molecule has 0 fully saturated rings. The number of aromatic nitrogens is 1. The number of hydrogen-bond acceptors (Lipinski definition) is 3. The molecule has 0 unspecified atom stereocenters. The van der Waals surface area contributed by atoms with Gasteiger partial charge in [0.05, 0.1) is 12.2 Å². The summed E-state index contributed by atoms with van der Waals surface area (Å²) in [4.78, 5) is 16.6. The van der Waals surface area contributed by atoms with E-state index in [1.54, 1.807) is 24.5 Å². The summed E-state index contributed by atoms with van der Waals surface area (Å²) < 4.78 is 44.1. The summed E-state index contributed by atoms with van der Waals surface area (Å²) in [6, 6.07) is 10.6. The van der Waals surface area contributed by atoms with Crippen molar-refractivity contribution in [1.82, 2.24) is 4.98 Å². The molecule has 2 heterocycles. The molecule has 142 valence electrons. The number of pyridine rings is 1. The number of carbonyl (C=O) groups is 1. The standard InChI is InChI=1S/C21H15F3N2O2/c22-21(23,24)15-4-5-17-13(7-9-28-19(17)11-15)10-20(27)26-18-3-1-2-14-12-25-8-6-16(14)18/h1-6,8,10-12H,7,9H2,(H,26,27). The molecule has 4 rings (SSSR count). The summed E-state index contributed by atoms with van der Waals surface area (Å²) >= 11 is 0. The summed E-state index contributed by atoms with van der Waals surface area (Å²) in [5.74, 6) is -0.219. The molecule has 0 saturated carbocycles. The molecular weight excluding hydrogens is 369 g/mol. The monoisotopic (exact) mass is 384 g/mol. The first kappa shape index (κ1) is 18.0. The number of benzene rings is 2. The van der Waals surface area contributed by atoms with Crippen molar-refractivity contribution in [3.8, 4) is 5.75 Å². The number of fused-ring (bicyclic) bond motifs is 2. The second-order valence-corrected chi connectivity index (χ2v) is 6.37. The summed E-state index contributed by atoms with van der Waals surface area (Å²) in [6.07, 6.45) is 0.750. The highest BCUT2D eigenvalue weighted by molar-refractivity contribution is 6.08. The molecule has 0 saturated heterocycles. The number of halogens is 3. The quantitative estimate of drug-likeness (QED) is 0.629. The van der Waals surface area contributed by atoms with Crippen LogP contribution in [-0.4, -0.2) is 17.5 Å². The molecular formula is C21H15F3N2O2. The number of amides is 1. The number of rotatable bonds is 2. The summed E-state index contributed by atoms with van der Waals surface area (Å²) in [5, 5.41) is 4.58. The van der Waals surface area contributed by atoms with Crippen molar-refractivity contribution in [3.05, 3.63) is 72.1 Å². The van der Waals surface area contributed by atoms with Gasteiger partial charge in [-0.15, -0.1) is 0 Å². The minimum absolute atomic E-state index is 0.136. The van der Waals surface area contributed by atoms with Crippen LogP contribution in [0.5, 0.6) is 5.75 Å². The van der Waals surface area contributed by atoms with E-state index in [4.69, 9.17) is 4.74 Å².